The first-order chi connectivity index (χ1) is 15.8. The maximum absolute atomic E-state index is 12.9. The van der Waals surface area contributed by atoms with Crippen molar-refractivity contribution in [2.75, 3.05) is 5.32 Å². The Kier molecular flexibility index (Phi) is 6.72. The van der Waals surface area contributed by atoms with E-state index in [4.69, 9.17) is 32.5 Å². The summed E-state index contributed by atoms with van der Waals surface area (Å²) in [5, 5.41) is 12.0. The van der Waals surface area contributed by atoms with Gasteiger partial charge in [0.1, 0.15) is 18.1 Å². The Morgan fingerprint density at radius 1 is 1.15 bits per heavy atom. The van der Waals surface area contributed by atoms with Crippen LogP contribution < -0.4 is 10.1 Å². The van der Waals surface area contributed by atoms with E-state index in [0.29, 0.717) is 33.6 Å². The minimum Gasteiger partial charge on any atom is -0.488 e. The molecule has 0 unspecified atom stereocenters. The molecule has 170 valence electrons. The molecule has 0 saturated heterocycles. The van der Waals surface area contributed by atoms with E-state index in [1.807, 2.05) is 38.1 Å². The van der Waals surface area contributed by atoms with Crippen molar-refractivity contribution in [3.63, 3.8) is 0 Å². The molecule has 0 aliphatic heterocycles. The van der Waals surface area contributed by atoms with Gasteiger partial charge in [-0.1, -0.05) is 46.6 Å². The van der Waals surface area contributed by atoms with E-state index in [0.717, 1.165) is 22.4 Å². The van der Waals surface area contributed by atoms with Gasteiger partial charge in [-0.25, -0.2) is 0 Å². The van der Waals surface area contributed by atoms with Crippen molar-refractivity contribution < 1.29 is 14.1 Å². The van der Waals surface area contributed by atoms with Crippen LogP contribution in [0.3, 0.4) is 0 Å². The number of carbonyl (C=O) groups excluding carboxylic acids is 1. The van der Waals surface area contributed by atoms with Gasteiger partial charge >= 0.3 is 0 Å². The number of aryl methyl sites for hydroxylation is 2. The van der Waals surface area contributed by atoms with E-state index in [1.54, 1.807) is 36.1 Å². The maximum atomic E-state index is 12.9. The van der Waals surface area contributed by atoms with Crippen molar-refractivity contribution in [2.24, 2.45) is 0 Å². The van der Waals surface area contributed by atoms with Crippen molar-refractivity contribution >= 4 is 34.8 Å². The zero-order valence-corrected chi connectivity index (χ0v) is 19.9. The quantitative estimate of drug-likeness (QED) is 0.348. The van der Waals surface area contributed by atoms with Crippen molar-refractivity contribution in [1.82, 2.24) is 14.9 Å². The minimum absolute atomic E-state index is 0.166. The third-order valence-electron chi connectivity index (χ3n) is 5.35. The third kappa shape index (κ3) is 5.21. The van der Waals surface area contributed by atoms with Gasteiger partial charge in [0.25, 0.3) is 5.91 Å². The number of anilines is 1. The van der Waals surface area contributed by atoms with Gasteiger partial charge < -0.3 is 14.6 Å². The number of rotatable bonds is 7. The Hall–Kier alpha value is -3.29. The van der Waals surface area contributed by atoms with Crippen LogP contribution in [0, 0.1) is 20.8 Å². The van der Waals surface area contributed by atoms with Crippen LogP contribution >= 0.6 is 23.2 Å². The Labute approximate surface area is 201 Å². The monoisotopic (exact) mass is 484 g/mol. The number of amides is 1. The summed E-state index contributed by atoms with van der Waals surface area (Å²) in [6.45, 7) is 6.41. The normalized spacial score (nSPS) is 10.9. The average Bonchev–Trinajstić information content (AvgIpc) is 3.38. The number of benzene rings is 2. The largest absolute Gasteiger partial charge is 0.488 e. The SMILES string of the molecule is Cc1cccc(OCc2c(C(=O)Nc3cnn(Cc4ccc(Cl)c(Cl)c4)c3)noc2C)c1C. The van der Waals surface area contributed by atoms with Crippen LogP contribution in [0.25, 0.3) is 0 Å². The number of nitrogens with zero attached hydrogens (tertiary/aromatic N) is 3. The topological polar surface area (TPSA) is 82.2 Å². The predicted molar refractivity (Wildman–Crippen MR) is 127 cm³/mol. The zero-order valence-electron chi connectivity index (χ0n) is 18.4. The van der Waals surface area contributed by atoms with Crippen LogP contribution in [0.2, 0.25) is 10.0 Å². The highest BCUT2D eigenvalue weighted by Crippen LogP contribution is 2.25. The molecule has 0 bridgehead atoms. The summed E-state index contributed by atoms with van der Waals surface area (Å²) in [5.41, 5.74) is 4.41. The highest BCUT2D eigenvalue weighted by Gasteiger charge is 2.21. The van der Waals surface area contributed by atoms with Crippen LogP contribution in [-0.2, 0) is 13.2 Å². The zero-order chi connectivity index (χ0) is 23.5. The molecule has 0 aliphatic carbocycles. The van der Waals surface area contributed by atoms with Crippen molar-refractivity contribution in [3.05, 3.63) is 92.5 Å². The smallest absolute Gasteiger partial charge is 0.278 e. The first-order valence-electron chi connectivity index (χ1n) is 10.2. The van der Waals surface area contributed by atoms with Gasteiger partial charge in [0.2, 0.25) is 0 Å². The first-order valence-corrected chi connectivity index (χ1v) is 11.0. The lowest BCUT2D eigenvalue weighted by molar-refractivity contribution is 0.101. The molecule has 4 rings (SSSR count). The summed E-state index contributed by atoms with van der Waals surface area (Å²) in [4.78, 5) is 12.9. The number of aromatic nitrogens is 3. The highest BCUT2D eigenvalue weighted by atomic mass is 35.5. The summed E-state index contributed by atoms with van der Waals surface area (Å²) in [6.07, 6.45) is 3.29. The van der Waals surface area contributed by atoms with Crippen LogP contribution in [0.15, 0.2) is 53.3 Å². The molecule has 7 nitrogen and oxygen atoms in total. The van der Waals surface area contributed by atoms with Crippen molar-refractivity contribution in [3.8, 4) is 5.75 Å². The van der Waals surface area contributed by atoms with Gasteiger partial charge in [0.15, 0.2) is 5.69 Å². The lowest BCUT2D eigenvalue weighted by atomic mass is 10.1. The number of halogens is 2. The van der Waals surface area contributed by atoms with Crippen LogP contribution in [0.4, 0.5) is 5.69 Å². The molecule has 0 radical (unpaired) electrons. The summed E-state index contributed by atoms with van der Waals surface area (Å²) < 4.78 is 12.9. The molecule has 1 amide bonds. The molecule has 2 aromatic carbocycles. The summed E-state index contributed by atoms with van der Waals surface area (Å²) in [5.74, 6) is 0.881. The van der Waals surface area contributed by atoms with Gasteiger partial charge in [-0.15, -0.1) is 0 Å². The second-order valence-corrected chi connectivity index (χ2v) is 8.50. The predicted octanol–water partition coefficient (Wildman–Crippen LogP) is 5.98. The first kappa shape index (κ1) is 22.9. The average molecular weight is 485 g/mol. The van der Waals surface area contributed by atoms with Crippen molar-refractivity contribution in [2.45, 2.75) is 33.9 Å². The molecule has 0 aliphatic rings. The Morgan fingerprint density at radius 2 is 1.97 bits per heavy atom. The Bertz CT molecular complexity index is 1310. The van der Waals surface area contributed by atoms with E-state index in [1.165, 1.54) is 0 Å². The molecule has 4 aromatic rings. The van der Waals surface area contributed by atoms with Gasteiger partial charge in [0.05, 0.1) is 34.0 Å². The fourth-order valence-electron chi connectivity index (χ4n) is 3.30. The second kappa shape index (κ2) is 9.68. The number of carbonyl (C=O) groups is 1. The highest BCUT2D eigenvalue weighted by molar-refractivity contribution is 6.42. The molecule has 0 saturated carbocycles. The van der Waals surface area contributed by atoms with E-state index in [9.17, 15) is 4.79 Å². The maximum Gasteiger partial charge on any atom is 0.278 e. The lowest BCUT2D eigenvalue weighted by Gasteiger charge is -2.11. The molecule has 0 fully saturated rings. The molecule has 1 N–H and O–H groups in total. The molecule has 0 spiro atoms. The fourth-order valence-corrected chi connectivity index (χ4v) is 3.62. The van der Waals surface area contributed by atoms with Gasteiger partial charge in [0, 0.05) is 6.20 Å². The molecule has 0 atom stereocenters. The molecule has 2 heterocycles. The van der Waals surface area contributed by atoms with Gasteiger partial charge in [-0.2, -0.15) is 5.10 Å². The van der Waals surface area contributed by atoms with Gasteiger partial charge in [-0.05, 0) is 55.7 Å². The number of hydrogen-bond acceptors (Lipinski definition) is 5. The van der Waals surface area contributed by atoms with Crippen LogP contribution in [0.5, 0.6) is 5.75 Å². The number of nitrogens with one attached hydrogen (secondary N) is 1. The van der Waals surface area contributed by atoms with E-state index in [-0.39, 0.29) is 12.3 Å². The molecular formula is C24H22Cl2N4O3. The van der Waals surface area contributed by atoms with Crippen LogP contribution in [-0.4, -0.2) is 20.8 Å². The summed E-state index contributed by atoms with van der Waals surface area (Å²) in [7, 11) is 0. The summed E-state index contributed by atoms with van der Waals surface area (Å²) in [6, 6.07) is 11.2. The van der Waals surface area contributed by atoms with E-state index >= 15 is 0 Å². The van der Waals surface area contributed by atoms with Crippen LogP contribution in [0.1, 0.15) is 38.5 Å². The second-order valence-electron chi connectivity index (χ2n) is 7.68. The number of hydrogen-bond donors (Lipinski definition) is 1. The lowest BCUT2D eigenvalue weighted by Crippen LogP contribution is -2.15. The Balaban J connectivity index is 1.44. The molecule has 33 heavy (non-hydrogen) atoms. The third-order valence-corrected chi connectivity index (χ3v) is 6.09. The Morgan fingerprint density at radius 3 is 2.76 bits per heavy atom. The van der Waals surface area contributed by atoms with Crippen molar-refractivity contribution in [1.29, 1.82) is 0 Å². The minimum atomic E-state index is -0.402. The summed E-state index contributed by atoms with van der Waals surface area (Å²) >= 11 is 12.0. The molecule has 2 aromatic heterocycles. The molecular weight excluding hydrogens is 463 g/mol. The fraction of sp³-hybridized carbons (Fsp3) is 0.208. The standard InChI is InChI=1S/C24H22Cl2N4O3/c1-14-5-4-6-22(15(14)2)32-13-19-16(3)33-29-23(19)24(31)28-18-10-27-30(12-18)11-17-7-8-20(25)21(26)9-17/h4-10,12H,11,13H2,1-3H3,(H,28,31). The number of ether oxygens (including phenoxy) is 1. The van der Waals surface area contributed by atoms with Gasteiger partial charge in [-0.3, -0.25) is 9.48 Å². The van der Waals surface area contributed by atoms with E-state index in [2.05, 4.69) is 15.6 Å². The van der Waals surface area contributed by atoms with E-state index < -0.39 is 5.91 Å². The molecule has 9 heteroatoms.